The first-order valence-corrected chi connectivity index (χ1v) is 11.5. The van der Waals surface area contributed by atoms with Crippen LogP contribution in [0.15, 0.2) is 127 Å². The Bertz CT molecular complexity index is 1270. The van der Waals surface area contributed by atoms with Gasteiger partial charge in [-0.1, -0.05) is 85.8 Å². The maximum atomic E-state index is 5.99. The topological polar surface area (TPSA) is 29.3 Å². The summed E-state index contributed by atoms with van der Waals surface area (Å²) in [5.74, 6) is 0.423. The molecule has 2 heteroatoms. The fraction of sp³-hybridized carbons (Fsp3) is 0.0968. The molecular weight excluding hydrogens is 400 g/mol. The van der Waals surface area contributed by atoms with E-state index in [9.17, 15) is 0 Å². The molecule has 0 saturated heterocycles. The highest BCUT2D eigenvalue weighted by molar-refractivity contribution is 5.76. The second kappa shape index (κ2) is 9.22. The zero-order chi connectivity index (χ0) is 22.6. The molecule has 0 heterocycles. The second-order valence-electron chi connectivity index (χ2n) is 8.59. The van der Waals surface area contributed by atoms with Crippen LogP contribution in [0.5, 0.6) is 0 Å². The maximum absolute atomic E-state index is 5.99. The van der Waals surface area contributed by atoms with E-state index in [0.29, 0.717) is 5.92 Å². The SMILES string of the molecule is CC1CC(N(c2ccc(N)cc2)c2ccc(-c3ccccc3)cc2)=CC=C1c1ccccc1. The number of hydrogen-bond donors (Lipinski definition) is 1. The third-order valence-electron chi connectivity index (χ3n) is 6.28. The van der Waals surface area contributed by atoms with E-state index < -0.39 is 0 Å². The van der Waals surface area contributed by atoms with Gasteiger partial charge in [-0.05, 0) is 77.1 Å². The molecule has 0 radical (unpaired) electrons. The standard InChI is InChI=1S/C31H28N2/c1-23-22-30(20-21-31(23)26-10-6-3-7-11-26)33(29-18-14-27(32)15-19-29)28-16-12-25(13-17-28)24-8-4-2-5-9-24/h2-21,23H,22,32H2,1H3. The normalized spacial score (nSPS) is 15.5. The van der Waals surface area contributed by atoms with Crippen molar-refractivity contribution in [3.05, 3.63) is 133 Å². The molecule has 0 bridgehead atoms. The lowest BCUT2D eigenvalue weighted by atomic mass is 9.86. The zero-order valence-electron chi connectivity index (χ0n) is 18.9. The molecule has 0 aliphatic heterocycles. The molecule has 0 fully saturated rings. The first-order valence-electron chi connectivity index (χ1n) is 11.5. The first kappa shape index (κ1) is 20.8. The van der Waals surface area contributed by atoms with Gasteiger partial charge in [0, 0.05) is 22.8 Å². The van der Waals surface area contributed by atoms with E-state index >= 15 is 0 Å². The van der Waals surface area contributed by atoms with Crippen molar-refractivity contribution in [2.45, 2.75) is 13.3 Å². The number of allylic oxidation sites excluding steroid dienone is 4. The molecule has 0 amide bonds. The van der Waals surface area contributed by atoms with Gasteiger partial charge >= 0.3 is 0 Å². The second-order valence-corrected chi connectivity index (χ2v) is 8.59. The zero-order valence-corrected chi connectivity index (χ0v) is 18.9. The van der Waals surface area contributed by atoms with Gasteiger partial charge in [-0.2, -0.15) is 0 Å². The molecule has 1 aliphatic carbocycles. The van der Waals surface area contributed by atoms with Crippen LogP contribution in [0.25, 0.3) is 16.7 Å². The molecule has 5 rings (SSSR count). The first-order chi connectivity index (χ1) is 16.2. The Kier molecular flexibility index (Phi) is 5.82. The monoisotopic (exact) mass is 428 g/mol. The highest BCUT2D eigenvalue weighted by atomic mass is 15.1. The molecular formula is C31H28N2. The molecule has 0 saturated carbocycles. The Balaban J connectivity index is 1.54. The van der Waals surface area contributed by atoms with Crippen molar-refractivity contribution >= 4 is 22.6 Å². The third-order valence-corrected chi connectivity index (χ3v) is 6.28. The highest BCUT2D eigenvalue weighted by Gasteiger charge is 2.22. The van der Waals surface area contributed by atoms with Crippen LogP contribution < -0.4 is 10.6 Å². The van der Waals surface area contributed by atoms with Crippen LogP contribution in [0.4, 0.5) is 17.1 Å². The van der Waals surface area contributed by atoms with Gasteiger partial charge in [0.15, 0.2) is 0 Å². The van der Waals surface area contributed by atoms with Crippen molar-refractivity contribution in [2.24, 2.45) is 5.92 Å². The maximum Gasteiger partial charge on any atom is 0.0459 e. The fourth-order valence-corrected chi connectivity index (χ4v) is 4.56. The predicted octanol–water partition coefficient (Wildman–Crippen LogP) is 8.08. The Morgan fingerprint density at radius 2 is 1.12 bits per heavy atom. The van der Waals surface area contributed by atoms with Crippen molar-refractivity contribution in [3.8, 4) is 11.1 Å². The van der Waals surface area contributed by atoms with Crippen LogP contribution in [0.1, 0.15) is 18.9 Å². The lowest BCUT2D eigenvalue weighted by molar-refractivity contribution is 0.715. The fourth-order valence-electron chi connectivity index (χ4n) is 4.56. The Hall–Kier alpha value is -4.04. The molecule has 4 aromatic carbocycles. The average molecular weight is 429 g/mol. The number of anilines is 3. The number of rotatable bonds is 5. The lowest BCUT2D eigenvalue weighted by Gasteiger charge is -2.32. The predicted molar refractivity (Wildman–Crippen MR) is 141 cm³/mol. The van der Waals surface area contributed by atoms with Crippen LogP contribution in [0.3, 0.4) is 0 Å². The van der Waals surface area contributed by atoms with Crippen molar-refractivity contribution < 1.29 is 0 Å². The van der Waals surface area contributed by atoms with Gasteiger partial charge in [0.25, 0.3) is 0 Å². The summed E-state index contributed by atoms with van der Waals surface area (Å²) in [6, 6.07) is 38.1. The summed E-state index contributed by atoms with van der Waals surface area (Å²) in [5.41, 5.74) is 15.4. The van der Waals surface area contributed by atoms with Gasteiger partial charge in [-0.25, -0.2) is 0 Å². The van der Waals surface area contributed by atoms with Gasteiger partial charge in [-0.3, -0.25) is 0 Å². The minimum atomic E-state index is 0.423. The van der Waals surface area contributed by atoms with Crippen molar-refractivity contribution in [2.75, 3.05) is 10.6 Å². The summed E-state index contributed by atoms with van der Waals surface area (Å²) < 4.78 is 0. The van der Waals surface area contributed by atoms with Gasteiger partial charge < -0.3 is 10.6 Å². The number of nitrogen functional groups attached to an aromatic ring is 1. The number of benzene rings is 4. The minimum Gasteiger partial charge on any atom is -0.399 e. The molecule has 1 atom stereocenters. The molecule has 2 N–H and O–H groups in total. The summed E-state index contributed by atoms with van der Waals surface area (Å²) in [4.78, 5) is 2.35. The van der Waals surface area contributed by atoms with Gasteiger partial charge in [-0.15, -0.1) is 0 Å². The van der Waals surface area contributed by atoms with Gasteiger partial charge in [0.1, 0.15) is 0 Å². The van der Waals surface area contributed by atoms with E-state index in [1.807, 2.05) is 12.1 Å². The van der Waals surface area contributed by atoms with Crippen molar-refractivity contribution in [1.82, 2.24) is 0 Å². The largest absolute Gasteiger partial charge is 0.399 e. The van der Waals surface area contributed by atoms with E-state index in [0.717, 1.165) is 23.5 Å². The molecule has 0 spiro atoms. The number of hydrogen-bond acceptors (Lipinski definition) is 2. The molecule has 1 aliphatic rings. The third kappa shape index (κ3) is 4.47. The Labute approximate surface area is 196 Å². The average Bonchev–Trinajstić information content (AvgIpc) is 2.87. The van der Waals surface area contributed by atoms with Crippen molar-refractivity contribution in [3.63, 3.8) is 0 Å². The quantitative estimate of drug-likeness (QED) is 0.326. The van der Waals surface area contributed by atoms with E-state index in [1.54, 1.807) is 0 Å². The molecule has 4 aromatic rings. The van der Waals surface area contributed by atoms with Gasteiger partial charge in [0.05, 0.1) is 0 Å². The Morgan fingerprint density at radius 1 is 0.606 bits per heavy atom. The summed E-state index contributed by atoms with van der Waals surface area (Å²) in [6.07, 6.45) is 5.51. The van der Waals surface area contributed by atoms with Crippen LogP contribution in [-0.2, 0) is 0 Å². The van der Waals surface area contributed by atoms with E-state index in [4.69, 9.17) is 5.73 Å². The van der Waals surface area contributed by atoms with Crippen LogP contribution in [0.2, 0.25) is 0 Å². The molecule has 162 valence electrons. The minimum absolute atomic E-state index is 0.423. The summed E-state index contributed by atoms with van der Waals surface area (Å²) in [5, 5.41) is 0. The van der Waals surface area contributed by atoms with Gasteiger partial charge in [0.2, 0.25) is 0 Å². The lowest BCUT2D eigenvalue weighted by Crippen LogP contribution is -2.20. The summed E-state index contributed by atoms with van der Waals surface area (Å²) >= 11 is 0. The summed E-state index contributed by atoms with van der Waals surface area (Å²) in [6.45, 7) is 2.31. The van der Waals surface area contributed by atoms with Crippen LogP contribution in [0, 0.1) is 5.92 Å². The van der Waals surface area contributed by atoms with E-state index in [1.165, 1.54) is 28.0 Å². The molecule has 0 aromatic heterocycles. The Morgan fingerprint density at radius 3 is 1.70 bits per heavy atom. The summed E-state index contributed by atoms with van der Waals surface area (Å²) in [7, 11) is 0. The number of nitrogens with zero attached hydrogens (tertiary/aromatic N) is 1. The highest BCUT2D eigenvalue weighted by Crippen LogP contribution is 2.39. The van der Waals surface area contributed by atoms with E-state index in [2.05, 4.69) is 121 Å². The number of nitrogens with two attached hydrogens (primary N) is 1. The van der Waals surface area contributed by atoms with Crippen molar-refractivity contribution in [1.29, 1.82) is 0 Å². The molecule has 33 heavy (non-hydrogen) atoms. The van der Waals surface area contributed by atoms with Crippen LogP contribution >= 0.6 is 0 Å². The van der Waals surface area contributed by atoms with Crippen LogP contribution in [-0.4, -0.2) is 0 Å². The smallest absolute Gasteiger partial charge is 0.0459 e. The molecule has 2 nitrogen and oxygen atoms in total. The molecule has 1 unspecified atom stereocenters. The van der Waals surface area contributed by atoms with E-state index in [-0.39, 0.29) is 0 Å².